The minimum atomic E-state index is 0.416. The van der Waals surface area contributed by atoms with Gasteiger partial charge >= 0.3 is 0 Å². The van der Waals surface area contributed by atoms with Gasteiger partial charge in [-0.05, 0) is 44.7 Å². The first-order valence-electron chi connectivity index (χ1n) is 8.22. The SMILES string of the molecule is CCCN(Cc1coc2ccccc12)C1CCC(N)CC1. The average Bonchev–Trinajstić information content (AvgIpc) is 2.91. The highest BCUT2D eigenvalue weighted by atomic mass is 16.3. The van der Waals surface area contributed by atoms with Gasteiger partial charge in [-0.1, -0.05) is 25.1 Å². The van der Waals surface area contributed by atoms with Crippen LogP contribution in [-0.2, 0) is 6.54 Å². The Bertz CT molecular complexity index is 569. The molecule has 0 saturated heterocycles. The number of para-hydroxylation sites is 1. The van der Waals surface area contributed by atoms with E-state index in [0.717, 1.165) is 31.5 Å². The van der Waals surface area contributed by atoms with E-state index < -0.39 is 0 Å². The van der Waals surface area contributed by atoms with E-state index in [-0.39, 0.29) is 0 Å². The van der Waals surface area contributed by atoms with Gasteiger partial charge in [-0.25, -0.2) is 0 Å². The number of fused-ring (bicyclic) bond motifs is 1. The molecule has 0 atom stereocenters. The summed E-state index contributed by atoms with van der Waals surface area (Å²) in [4.78, 5) is 2.63. The molecular formula is C18H26N2O. The Balaban J connectivity index is 1.75. The van der Waals surface area contributed by atoms with Crippen LogP contribution >= 0.6 is 0 Å². The molecule has 1 saturated carbocycles. The predicted molar refractivity (Wildman–Crippen MR) is 87.1 cm³/mol. The maximum absolute atomic E-state index is 6.05. The Morgan fingerprint density at radius 2 is 1.95 bits per heavy atom. The number of nitrogens with zero attached hydrogens (tertiary/aromatic N) is 1. The van der Waals surface area contributed by atoms with Gasteiger partial charge in [-0.2, -0.15) is 0 Å². The predicted octanol–water partition coefficient (Wildman–Crippen LogP) is 3.91. The molecule has 114 valence electrons. The number of benzene rings is 1. The van der Waals surface area contributed by atoms with Crippen molar-refractivity contribution in [1.29, 1.82) is 0 Å². The van der Waals surface area contributed by atoms with Crippen LogP contribution in [0.25, 0.3) is 11.0 Å². The smallest absolute Gasteiger partial charge is 0.134 e. The van der Waals surface area contributed by atoms with Gasteiger partial charge in [-0.15, -0.1) is 0 Å². The second-order valence-corrected chi connectivity index (χ2v) is 6.30. The molecule has 1 aromatic heterocycles. The fourth-order valence-electron chi connectivity index (χ4n) is 3.52. The normalized spacial score (nSPS) is 23.0. The number of hydrogen-bond donors (Lipinski definition) is 1. The van der Waals surface area contributed by atoms with Crippen molar-refractivity contribution in [3.8, 4) is 0 Å². The largest absolute Gasteiger partial charge is 0.464 e. The molecule has 0 unspecified atom stereocenters. The van der Waals surface area contributed by atoms with E-state index in [2.05, 4.69) is 24.0 Å². The van der Waals surface area contributed by atoms with Crippen molar-refractivity contribution in [3.63, 3.8) is 0 Å². The van der Waals surface area contributed by atoms with Crippen LogP contribution in [0.5, 0.6) is 0 Å². The summed E-state index contributed by atoms with van der Waals surface area (Å²) in [6.45, 7) is 4.40. The van der Waals surface area contributed by atoms with E-state index >= 15 is 0 Å². The Kier molecular flexibility index (Phi) is 4.61. The molecule has 3 nitrogen and oxygen atoms in total. The quantitative estimate of drug-likeness (QED) is 0.906. The lowest BCUT2D eigenvalue weighted by molar-refractivity contribution is 0.142. The van der Waals surface area contributed by atoms with Crippen LogP contribution in [0.1, 0.15) is 44.6 Å². The third-order valence-electron chi connectivity index (χ3n) is 4.70. The first-order valence-corrected chi connectivity index (χ1v) is 8.22. The molecule has 1 aliphatic rings. The Labute approximate surface area is 127 Å². The third-order valence-corrected chi connectivity index (χ3v) is 4.70. The van der Waals surface area contributed by atoms with Crippen molar-refractivity contribution in [1.82, 2.24) is 4.90 Å². The van der Waals surface area contributed by atoms with E-state index in [1.165, 1.54) is 30.2 Å². The zero-order valence-corrected chi connectivity index (χ0v) is 12.9. The fraction of sp³-hybridized carbons (Fsp3) is 0.556. The molecule has 0 amide bonds. The molecule has 2 aromatic rings. The highest BCUT2D eigenvalue weighted by Gasteiger charge is 2.24. The summed E-state index contributed by atoms with van der Waals surface area (Å²) >= 11 is 0. The summed E-state index contributed by atoms with van der Waals surface area (Å²) in [6, 6.07) is 9.42. The lowest BCUT2D eigenvalue weighted by Crippen LogP contribution is -2.40. The van der Waals surface area contributed by atoms with Gasteiger partial charge in [0, 0.05) is 29.6 Å². The molecule has 0 bridgehead atoms. The maximum atomic E-state index is 6.05. The summed E-state index contributed by atoms with van der Waals surface area (Å²) in [5, 5.41) is 1.26. The van der Waals surface area contributed by atoms with Crippen LogP contribution in [0.3, 0.4) is 0 Å². The number of rotatable bonds is 5. The van der Waals surface area contributed by atoms with Crippen molar-refractivity contribution < 1.29 is 4.42 Å². The van der Waals surface area contributed by atoms with Crippen molar-refractivity contribution in [2.75, 3.05) is 6.54 Å². The topological polar surface area (TPSA) is 42.4 Å². The van der Waals surface area contributed by atoms with Crippen LogP contribution in [0.2, 0.25) is 0 Å². The zero-order valence-electron chi connectivity index (χ0n) is 12.9. The molecule has 0 spiro atoms. The third kappa shape index (κ3) is 3.30. The Morgan fingerprint density at radius 1 is 1.19 bits per heavy atom. The van der Waals surface area contributed by atoms with E-state index in [4.69, 9.17) is 10.2 Å². The molecule has 2 N–H and O–H groups in total. The van der Waals surface area contributed by atoms with Gasteiger partial charge in [0.2, 0.25) is 0 Å². The minimum absolute atomic E-state index is 0.416. The lowest BCUT2D eigenvalue weighted by Gasteiger charge is -2.35. The molecule has 0 aliphatic heterocycles. The van der Waals surface area contributed by atoms with Crippen LogP contribution < -0.4 is 5.73 Å². The van der Waals surface area contributed by atoms with E-state index in [1.807, 2.05) is 18.4 Å². The average molecular weight is 286 g/mol. The standard InChI is InChI=1S/C18H26N2O/c1-2-11-20(16-9-7-15(19)8-10-16)12-14-13-21-18-6-4-3-5-17(14)18/h3-6,13,15-16H,2,7-12,19H2,1H3. The Morgan fingerprint density at radius 3 is 2.71 bits per heavy atom. The lowest BCUT2D eigenvalue weighted by atomic mass is 9.90. The van der Waals surface area contributed by atoms with Gasteiger partial charge in [0.15, 0.2) is 0 Å². The van der Waals surface area contributed by atoms with Crippen molar-refractivity contribution in [2.24, 2.45) is 5.73 Å². The summed E-state index contributed by atoms with van der Waals surface area (Å²) in [5.74, 6) is 0. The summed E-state index contributed by atoms with van der Waals surface area (Å²) < 4.78 is 5.69. The molecule has 1 aromatic carbocycles. The molecule has 1 heterocycles. The van der Waals surface area contributed by atoms with Crippen LogP contribution in [0, 0.1) is 0 Å². The minimum Gasteiger partial charge on any atom is -0.464 e. The van der Waals surface area contributed by atoms with E-state index in [0.29, 0.717) is 12.1 Å². The van der Waals surface area contributed by atoms with Crippen LogP contribution in [0.4, 0.5) is 0 Å². The second kappa shape index (κ2) is 6.63. The second-order valence-electron chi connectivity index (χ2n) is 6.30. The first kappa shape index (κ1) is 14.6. The van der Waals surface area contributed by atoms with Gasteiger partial charge in [0.1, 0.15) is 5.58 Å². The van der Waals surface area contributed by atoms with Gasteiger partial charge in [0.05, 0.1) is 6.26 Å². The number of hydrogen-bond acceptors (Lipinski definition) is 3. The fourth-order valence-corrected chi connectivity index (χ4v) is 3.52. The van der Waals surface area contributed by atoms with Crippen molar-refractivity contribution >= 4 is 11.0 Å². The number of nitrogens with two attached hydrogens (primary N) is 1. The van der Waals surface area contributed by atoms with Gasteiger partial charge in [0.25, 0.3) is 0 Å². The summed E-state index contributed by atoms with van der Waals surface area (Å²) in [6.07, 6.45) is 7.92. The van der Waals surface area contributed by atoms with Crippen molar-refractivity contribution in [2.45, 2.75) is 57.7 Å². The van der Waals surface area contributed by atoms with Crippen LogP contribution in [0.15, 0.2) is 34.9 Å². The maximum Gasteiger partial charge on any atom is 0.134 e. The van der Waals surface area contributed by atoms with Gasteiger partial charge < -0.3 is 10.2 Å². The molecule has 0 radical (unpaired) electrons. The summed E-state index contributed by atoms with van der Waals surface area (Å²) in [5.41, 5.74) is 8.36. The van der Waals surface area contributed by atoms with Gasteiger partial charge in [-0.3, -0.25) is 4.90 Å². The van der Waals surface area contributed by atoms with Crippen LogP contribution in [-0.4, -0.2) is 23.5 Å². The highest BCUT2D eigenvalue weighted by Crippen LogP contribution is 2.27. The first-order chi connectivity index (χ1) is 10.3. The monoisotopic (exact) mass is 286 g/mol. The number of furan rings is 1. The molecule has 1 fully saturated rings. The van der Waals surface area contributed by atoms with E-state index in [1.54, 1.807) is 0 Å². The summed E-state index contributed by atoms with van der Waals surface area (Å²) in [7, 11) is 0. The van der Waals surface area contributed by atoms with Crippen molar-refractivity contribution in [3.05, 3.63) is 36.1 Å². The highest BCUT2D eigenvalue weighted by molar-refractivity contribution is 5.80. The molecule has 1 aliphatic carbocycles. The van der Waals surface area contributed by atoms with E-state index in [9.17, 15) is 0 Å². The Hall–Kier alpha value is -1.32. The molecule has 21 heavy (non-hydrogen) atoms. The molecule has 3 rings (SSSR count). The zero-order chi connectivity index (χ0) is 14.7. The molecular weight excluding hydrogens is 260 g/mol. The molecule has 3 heteroatoms.